The van der Waals surface area contributed by atoms with Crippen LogP contribution in [0.25, 0.3) is 0 Å². The first-order valence-electron chi connectivity index (χ1n) is 7.84. The molecule has 4 nitrogen and oxygen atoms in total. The van der Waals surface area contributed by atoms with Gasteiger partial charge in [-0.25, -0.2) is 0 Å². The Morgan fingerprint density at radius 2 is 1.00 bits per heavy atom. The predicted octanol–water partition coefficient (Wildman–Crippen LogP) is 0.497. The van der Waals surface area contributed by atoms with Crippen LogP contribution in [0.1, 0.15) is 11.1 Å². The van der Waals surface area contributed by atoms with E-state index in [1.807, 2.05) is 0 Å². The number of piperazine rings is 2. The number of nitrogens with one attached hydrogen (secondary N) is 2. The van der Waals surface area contributed by atoms with Crippen molar-refractivity contribution < 1.29 is 0 Å². The maximum Gasteiger partial charge on any atom is 0.0234 e. The Balaban J connectivity index is 1.51. The number of nitrogens with zero attached hydrogens (tertiary/aromatic N) is 2. The molecule has 1 aromatic rings. The molecule has 2 fully saturated rings. The summed E-state index contributed by atoms with van der Waals surface area (Å²) in [4.78, 5) is 5.06. The largest absolute Gasteiger partial charge is 0.314 e. The van der Waals surface area contributed by atoms with Crippen molar-refractivity contribution in [3.8, 4) is 0 Å². The van der Waals surface area contributed by atoms with Crippen LogP contribution in [0.4, 0.5) is 0 Å². The van der Waals surface area contributed by atoms with Crippen molar-refractivity contribution in [3.05, 3.63) is 35.4 Å². The van der Waals surface area contributed by atoms with Crippen LogP contribution in [0.15, 0.2) is 24.3 Å². The number of benzene rings is 1. The third-order valence-corrected chi connectivity index (χ3v) is 4.25. The molecular weight excluding hydrogens is 248 g/mol. The molecule has 1 aromatic carbocycles. The highest BCUT2D eigenvalue weighted by molar-refractivity contribution is 5.22. The Labute approximate surface area is 122 Å². The summed E-state index contributed by atoms with van der Waals surface area (Å²) >= 11 is 0. The van der Waals surface area contributed by atoms with E-state index in [4.69, 9.17) is 0 Å². The molecule has 2 aliphatic rings. The lowest BCUT2D eigenvalue weighted by atomic mass is 10.1. The van der Waals surface area contributed by atoms with Crippen molar-refractivity contribution >= 4 is 0 Å². The average molecular weight is 274 g/mol. The number of rotatable bonds is 4. The molecule has 20 heavy (non-hydrogen) atoms. The first-order chi connectivity index (χ1) is 9.90. The molecule has 4 heteroatoms. The summed E-state index contributed by atoms with van der Waals surface area (Å²) in [5, 5.41) is 6.81. The van der Waals surface area contributed by atoms with E-state index in [9.17, 15) is 0 Å². The molecule has 0 aliphatic carbocycles. The fourth-order valence-corrected chi connectivity index (χ4v) is 3.00. The molecule has 0 radical (unpaired) electrons. The molecule has 2 heterocycles. The molecule has 0 bridgehead atoms. The molecule has 0 unspecified atom stereocenters. The molecule has 2 saturated heterocycles. The minimum atomic E-state index is 1.09. The molecule has 0 atom stereocenters. The molecule has 3 rings (SSSR count). The zero-order chi connectivity index (χ0) is 13.6. The van der Waals surface area contributed by atoms with Gasteiger partial charge < -0.3 is 10.6 Å². The third-order valence-electron chi connectivity index (χ3n) is 4.25. The van der Waals surface area contributed by atoms with E-state index in [1.165, 1.54) is 37.3 Å². The average Bonchev–Trinajstić information content (AvgIpc) is 2.51. The highest BCUT2D eigenvalue weighted by atomic mass is 15.2. The molecule has 0 spiro atoms. The van der Waals surface area contributed by atoms with Crippen LogP contribution in [-0.2, 0) is 13.1 Å². The lowest BCUT2D eigenvalue weighted by Crippen LogP contribution is -2.43. The van der Waals surface area contributed by atoms with Gasteiger partial charge in [0, 0.05) is 65.4 Å². The fourth-order valence-electron chi connectivity index (χ4n) is 3.00. The summed E-state index contributed by atoms with van der Waals surface area (Å²) < 4.78 is 0. The highest BCUT2D eigenvalue weighted by Crippen LogP contribution is 2.10. The summed E-state index contributed by atoms with van der Waals surface area (Å²) in [6.45, 7) is 11.4. The van der Waals surface area contributed by atoms with Gasteiger partial charge in [0.15, 0.2) is 0 Å². The second-order valence-corrected chi connectivity index (χ2v) is 5.87. The number of hydrogen-bond acceptors (Lipinski definition) is 4. The summed E-state index contributed by atoms with van der Waals surface area (Å²) in [5.41, 5.74) is 2.88. The van der Waals surface area contributed by atoms with Crippen LogP contribution < -0.4 is 10.6 Å². The maximum absolute atomic E-state index is 3.40. The first-order valence-corrected chi connectivity index (χ1v) is 7.84. The Morgan fingerprint density at radius 1 is 0.650 bits per heavy atom. The van der Waals surface area contributed by atoms with Gasteiger partial charge in [-0.15, -0.1) is 0 Å². The molecule has 0 aromatic heterocycles. The second kappa shape index (κ2) is 7.18. The van der Waals surface area contributed by atoms with Gasteiger partial charge in [0.05, 0.1) is 0 Å². The maximum atomic E-state index is 3.40. The first kappa shape index (κ1) is 14.0. The second-order valence-electron chi connectivity index (χ2n) is 5.87. The molecule has 2 N–H and O–H groups in total. The van der Waals surface area contributed by atoms with Crippen molar-refractivity contribution in [1.82, 2.24) is 20.4 Å². The Hall–Kier alpha value is -0.940. The van der Waals surface area contributed by atoms with Crippen molar-refractivity contribution in [3.63, 3.8) is 0 Å². The third kappa shape index (κ3) is 4.03. The van der Waals surface area contributed by atoms with Crippen LogP contribution >= 0.6 is 0 Å². The Bertz CT molecular complexity index is 352. The lowest BCUT2D eigenvalue weighted by molar-refractivity contribution is 0.231. The topological polar surface area (TPSA) is 30.5 Å². The van der Waals surface area contributed by atoms with Gasteiger partial charge in [-0.2, -0.15) is 0 Å². The monoisotopic (exact) mass is 274 g/mol. The predicted molar refractivity (Wildman–Crippen MR) is 82.7 cm³/mol. The van der Waals surface area contributed by atoms with E-state index < -0.39 is 0 Å². The minimum Gasteiger partial charge on any atom is -0.314 e. The summed E-state index contributed by atoms with van der Waals surface area (Å²) in [5.74, 6) is 0. The van der Waals surface area contributed by atoms with Crippen LogP contribution in [-0.4, -0.2) is 62.2 Å². The highest BCUT2D eigenvalue weighted by Gasteiger charge is 2.11. The fraction of sp³-hybridized carbons (Fsp3) is 0.625. The summed E-state index contributed by atoms with van der Waals surface area (Å²) in [6, 6.07) is 9.22. The van der Waals surface area contributed by atoms with Gasteiger partial charge in [-0.1, -0.05) is 24.3 Å². The van der Waals surface area contributed by atoms with E-state index in [-0.39, 0.29) is 0 Å². The van der Waals surface area contributed by atoms with Gasteiger partial charge in [-0.3, -0.25) is 9.80 Å². The van der Waals surface area contributed by atoms with Gasteiger partial charge >= 0.3 is 0 Å². The van der Waals surface area contributed by atoms with Crippen LogP contribution in [0.3, 0.4) is 0 Å². The van der Waals surface area contributed by atoms with E-state index >= 15 is 0 Å². The zero-order valence-corrected chi connectivity index (χ0v) is 12.3. The summed E-state index contributed by atoms with van der Waals surface area (Å²) in [6.07, 6.45) is 0. The van der Waals surface area contributed by atoms with Crippen LogP contribution in [0, 0.1) is 0 Å². The normalized spacial score (nSPS) is 22.0. The molecule has 2 aliphatic heterocycles. The zero-order valence-electron chi connectivity index (χ0n) is 12.3. The molecule has 0 amide bonds. The quantitative estimate of drug-likeness (QED) is 0.837. The molecule has 110 valence electrons. The van der Waals surface area contributed by atoms with Crippen LogP contribution in [0.5, 0.6) is 0 Å². The van der Waals surface area contributed by atoms with E-state index in [0.717, 1.165) is 39.3 Å². The minimum absolute atomic E-state index is 1.09. The van der Waals surface area contributed by atoms with Crippen LogP contribution in [0.2, 0.25) is 0 Å². The van der Waals surface area contributed by atoms with E-state index in [2.05, 4.69) is 44.7 Å². The van der Waals surface area contributed by atoms with Crippen molar-refractivity contribution in [2.24, 2.45) is 0 Å². The van der Waals surface area contributed by atoms with Gasteiger partial charge in [0.25, 0.3) is 0 Å². The Kier molecular flexibility index (Phi) is 5.03. The van der Waals surface area contributed by atoms with Crippen molar-refractivity contribution in [2.75, 3.05) is 52.4 Å². The SMILES string of the molecule is c1cc(CN2CCNCC2)ccc1CN1CCNCC1. The Morgan fingerprint density at radius 3 is 1.35 bits per heavy atom. The number of hydrogen-bond donors (Lipinski definition) is 2. The van der Waals surface area contributed by atoms with Gasteiger partial charge in [0.2, 0.25) is 0 Å². The molecular formula is C16H26N4. The lowest BCUT2D eigenvalue weighted by Gasteiger charge is -2.28. The molecule has 0 saturated carbocycles. The van der Waals surface area contributed by atoms with Crippen molar-refractivity contribution in [1.29, 1.82) is 0 Å². The van der Waals surface area contributed by atoms with Gasteiger partial charge in [-0.05, 0) is 11.1 Å². The standard InChI is InChI=1S/C16H26N4/c1-2-16(14-20-11-7-18-8-12-20)4-3-15(1)13-19-9-5-17-6-10-19/h1-4,17-18H,5-14H2. The van der Waals surface area contributed by atoms with Crippen molar-refractivity contribution in [2.45, 2.75) is 13.1 Å². The van der Waals surface area contributed by atoms with E-state index in [0.29, 0.717) is 0 Å². The van der Waals surface area contributed by atoms with E-state index in [1.54, 1.807) is 0 Å². The van der Waals surface area contributed by atoms with Gasteiger partial charge in [0.1, 0.15) is 0 Å². The summed E-state index contributed by atoms with van der Waals surface area (Å²) in [7, 11) is 0. The smallest absolute Gasteiger partial charge is 0.0234 e.